The van der Waals surface area contributed by atoms with E-state index in [1.54, 1.807) is 24.3 Å². The number of esters is 1. The molecule has 1 unspecified atom stereocenters. The summed E-state index contributed by atoms with van der Waals surface area (Å²) in [4.78, 5) is 38.6. The van der Waals surface area contributed by atoms with Crippen molar-refractivity contribution in [2.75, 3.05) is 24.5 Å². The average molecular weight is 465 g/mol. The molecule has 0 N–H and O–H groups in total. The van der Waals surface area contributed by atoms with E-state index in [0.717, 1.165) is 31.4 Å². The number of pyridine rings is 2. The van der Waals surface area contributed by atoms with Crippen molar-refractivity contribution in [2.24, 2.45) is 0 Å². The van der Waals surface area contributed by atoms with Gasteiger partial charge in [-0.1, -0.05) is 36.2 Å². The summed E-state index contributed by atoms with van der Waals surface area (Å²) in [7, 11) is 0. The van der Waals surface area contributed by atoms with Crippen LogP contribution in [0.4, 0.5) is 5.82 Å². The molecule has 1 amide bonds. The second-order valence-electron chi connectivity index (χ2n) is 8.46. The van der Waals surface area contributed by atoms with Gasteiger partial charge in [-0.2, -0.15) is 0 Å². The van der Waals surface area contributed by atoms with Gasteiger partial charge in [-0.25, -0.2) is 9.97 Å². The quantitative estimate of drug-likeness (QED) is 0.387. The lowest BCUT2D eigenvalue weighted by atomic mass is 10.1. The van der Waals surface area contributed by atoms with Gasteiger partial charge >= 0.3 is 5.97 Å². The molecule has 0 radical (unpaired) electrons. The molecule has 7 nitrogen and oxygen atoms in total. The molecule has 5 rings (SSSR count). The third kappa shape index (κ3) is 4.56. The van der Waals surface area contributed by atoms with Crippen LogP contribution in [0.15, 0.2) is 48.5 Å². The molecule has 1 aromatic carbocycles. The topological polar surface area (TPSA) is 75.6 Å². The van der Waals surface area contributed by atoms with Gasteiger partial charge in [0.2, 0.25) is 6.23 Å². The maximum Gasteiger partial charge on any atom is 0.308 e. The minimum atomic E-state index is -0.861. The van der Waals surface area contributed by atoms with Crippen LogP contribution < -0.4 is 4.90 Å². The normalized spacial score (nSPS) is 18.5. The van der Waals surface area contributed by atoms with Crippen molar-refractivity contribution in [1.29, 1.82) is 0 Å². The number of rotatable bonds is 6. The largest absolute Gasteiger partial charge is 0.437 e. The maximum absolute atomic E-state index is 13.3. The van der Waals surface area contributed by atoms with Gasteiger partial charge in [-0.3, -0.25) is 14.5 Å². The van der Waals surface area contributed by atoms with E-state index < -0.39 is 6.23 Å². The second-order valence-corrected chi connectivity index (χ2v) is 8.85. The third-order valence-electron chi connectivity index (χ3n) is 6.21. The van der Waals surface area contributed by atoms with E-state index in [2.05, 4.69) is 14.9 Å². The number of carbonyl (C=O) groups is 2. The van der Waals surface area contributed by atoms with Crippen LogP contribution >= 0.6 is 11.6 Å². The highest BCUT2D eigenvalue weighted by molar-refractivity contribution is 6.29. The van der Waals surface area contributed by atoms with Crippen molar-refractivity contribution < 1.29 is 14.3 Å². The molecule has 3 aromatic rings. The molecule has 2 aliphatic rings. The number of benzene rings is 1. The summed E-state index contributed by atoms with van der Waals surface area (Å²) in [5.74, 6) is -0.219. The lowest BCUT2D eigenvalue weighted by Gasteiger charge is -2.26. The molecule has 1 saturated heterocycles. The summed E-state index contributed by atoms with van der Waals surface area (Å²) in [5, 5.41) is 1.12. The number of nitrogens with zero attached hydrogens (tertiary/aromatic N) is 4. The number of aromatic nitrogens is 2. The number of anilines is 1. The van der Waals surface area contributed by atoms with Gasteiger partial charge < -0.3 is 9.64 Å². The Balaban J connectivity index is 1.36. The molecule has 0 spiro atoms. The first-order valence-electron chi connectivity index (χ1n) is 11.4. The molecule has 2 aliphatic heterocycles. The first-order chi connectivity index (χ1) is 16.1. The first-order valence-corrected chi connectivity index (χ1v) is 11.8. The highest BCUT2D eigenvalue weighted by Gasteiger charge is 2.41. The maximum atomic E-state index is 13.3. The van der Waals surface area contributed by atoms with Crippen LogP contribution in [0, 0.1) is 0 Å². The number of halogens is 1. The number of ether oxygens (including phenoxy) is 1. The Hall–Kier alpha value is -3.03. The van der Waals surface area contributed by atoms with Gasteiger partial charge in [-0.15, -0.1) is 0 Å². The Morgan fingerprint density at radius 2 is 1.82 bits per heavy atom. The molecule has 170 valence electrons. The fraction of sp³-hybridized carbons (Fsp3) is 0.360. The van der Waals surface area contributed by atoms with Gasteiger partial charge in [0, 0.05) is 22.9 Å². The Morgan fingerprint density at radius 3 is 2.67 bits per heavy atom. The van der Waals surface area contributed by atoms with E-state index >= 15 is 0 Å². The number of likely N-dealkylation sites (tertiary alicyclic amines) is 1. The van der Waals surface area contributed by atoms with Gasteiger partial charge in [0.25, 0.3) is 5.91 Å². The molecule has 0 saturated carbocycles. The van der Waals surface area contributed by atoms with Gasteiger partial charge in [0.15, 0.2) is 5.65 Å². The summed E-state index contributed by atoms with van der Waals surface area (Å²) in [6.45, 7) is 3.08. The first kappa shape index (κ1) is 21.8. The van der Waals surface area contributed by atoms with Crippen molar-refractivity contribution >= 4 is 40.3 Å². The summed E-state index contributed by atoms with van der Waals surface area (Å²) in [6, 6.07) is 14.3. The fourth-order valence-corrected chi connectivity index (χ4v) is 4.68. The lowest BCUT2D eigenvalue weighted by molar-refractivity contribution is -0.149. The van der Waals surface area contributed by atoms with E-state index in [1.807, 2.05) is 24.3 Å². The molecule has 33 heavy (non-hydrogen) atoms. The molecule has 4 heterocycles. The van der Waals surface area contributed by atoms with E-state index in [9.17, 15) is 9.59 Å². The predicted octanol–water partition coefficient (Wildman–Crippen LogP) is 4.75. The number of carbonyl (C=O) groups excluding carboxylic acids is 2. The molecular weight excluding hydrogens is 440 g/mol. The molecule has 1 atom stereocenters. The van der Waals surface area contributed by atoms with Crippen LogP contribution in [0.2, 0.25) is 5.15 Å². The van der Waals surface area contributed by atoms with Crippen molar-refractivity contribution in [3.8, 4) is 0 Å². The minimum Gasteiger partial charge on any atom is -0.437 e. The highest BCUT2D eigenvalue weighted by Crippen LogP contribution is 2.38. The van der Waals surface area contributed by atoms with Crippen molar-refractivity contribution in [3.05, 3.63) is 64.8 Å². The zero-order chi connectivity index (χ0) is 22.8. The van der Waals surface area contributed by atoms with Crippen molar-refractivity contribution in [3.63, 3.8) is 0 Å². The monoisotopic (exact) mass is 464 g/mol. The number of hydrogen-bond donors (Lipinski definition) is 0. The van der Waals surface area contributed by atoms with Crippen molar-refractivity contribution in [1.82, 2.24) is 14.9 Å². The molecule has 0 aliphatic carbocycles. The predicted molar refractivity (Wildman–Crippen MR) is 126 cm³/mol. The molecule has 0 bridgehead atoms. The lowest BCUT2D eigenvalue weighted by Crippen LogP contribution is -2.32. The van der Waals surface area contributed by atoms with E-state index in [0.29, 0.717) is 34.2 Å². The molecule has 8 heteroatoms. The fourth-order valence-electron chi connectivity index (χ4n) is 4.54. The van der Waals surface area contributed by atoms with E-state index in [-0.39, 0.29) is 11.9 Å². The summed E-state index contributed by atoms with van der Waals surface area (Å²) in [6.07, 6.45) is 3.91. The van der Waals surface area contributed by atoms with Crippen molar-refractivity contribution in [2.45, 2.75) is 38.3 Å². The zero-order valence-electron chi connectivity index (χ0n) is 18.2. The number of piperidine rings is 1. The van der Waals surface area contributed by atoms with E-state index in [1.165, 1.54) is 24.2 Å². The van der Waals surface area contributed by atoms with Gasteiger partial charge in [0.05, 0.1) is 0 Å². The summed E-state index contributed by atoms with van der Waals surface area (Å²) >= 11 is 6.03. The van der Waals surface area contributed by atoms with Crippen LogP contribution in [0.5, 0.6) is 0 Å². The minimum absolute atomic E-state index is 0.259. The Bertz CT molecular complexity index is 1200. The molecule has 2 aromatic heterocycles. The van der Waals surface area contributed by atoms with Gasteiger partial charge in [0.1, 0.15) is 11.0 Å². The Morgan fingerprint density at radius 1 is 1.03 bits per heavy atom. The molecule has 1 fully saturated rings. The SMILES string of the molecule is O=C(CCCN1CCCCC1)OC1c2ccccc2C(=O)N1c1ccc2ccc(Cl)nc2n1. The van der Waals surface area contributed by atoms with Crippen LogP contribution in [0.25, 0.3) is 11.0 Å². The van der Waals surface area contributed by atoms with Crippen LogP contribution in [-0.4, -0.2) is 46.4 Å². The standard InChI is InChI=1S/C25H25ClN4O3/c26-20-12-10-17-11-13-21(28-23(17)27-20)30-24(32)18-7-2-3-8-19(18)25(30)33-22(31)9-6-16-29-14-4-1-5-15-29/h2-3,7-8,10-13,25H,1,4-6,9,14-16H2. The van der Waals surface area contributed by atoms with Crippen LogP contribution in [0.1, 0.15) is 54.3 Å². The summed E-state index contributed by atoms with van der Waals surface area (Å²) < 4.78 is 5.86. The smallest absolute Gasteiger partial charge is 0.308 e. The molecular formula is C25H25ClN4O3. The second kappa shape index (κ2) is 9.45. The Labute approximate surface area is 197 Å². The van der Waals surface area contributed by atoms with Crippen LogP contribution in [-0.2, 0) is 9.53 Å². The zero-order valence-corrected chi connectivity index (χ0v) is 19.0. The highest BCUT2D eigenvalue weighted by atomic mass is 35.5. The average Bonchev–Trinajstić information content (AvgIpc) is 3.11. The number of hydrogen-bond acceptors (Lipinski definition) is 6. The van der Waals surface area contributed by atoms with E-state index in [4.69, 9.17) is 16.3 Å². The third-order valence-corrected chi connectivity index (χ3v) is 6.42. The Kier molecular flexibility index (Phi) is 6.24. The number of amides is 1. The summed E-state index contributed by atoms with van der Waals surface area (Å²) in [5.41, 5.74) is 1.59. The van der Waals surface area contributed by atoms with Gasteiger partial charge in [-0.05, 0) is 69.2 Å². The van der Waals surface area contributed by atoms with Crippen LogP contribution in [0.3, 0.4) is 0 Å². The number of fused-ring (bicyclic) bond motifs is 2.